The molecule has 1 fully saturated rings. The molecule has 1 saturated heterocycles. The quantitative estimate of drug-likeness (QED) is 0.802. The molecule has 0 N–H and O–H groups in total. The zero-order chi connectivity index (χ0) is 14.8. The molecule has 0 aliphatic carbocycles. The highest BCUT2D eigenvalue weighted by molar-refractivity contribution is 5.90. The summed E-state index contributed by atoms with van der Waals surface area (Å²) in [5.41, 5.74) is 1.19. The number of pyridine rings is 1. The number of carbonyl (C=O) groups is 1. The molecule has 1 aliphatic heterocycles. The largest absolute Gasteiger partial charge is 0.465 e. The minimum atomic E-state index is -0.353. The Morgan fingerprint density at radius 3 is 3.05 bits per heavy atom. The van der Waals surface area contributed by atoms with Crippen molar-refractivity contribution >= 4 is 11.6 Å². The molecule has 3 heterocycles. The zero-order valence-corrected chi connectivity index (χ0v) is 12.5. The molecule has 1 unspecified atom stereocenters. The van der Waals surface area contributed by atoms with Gasteiger partial charge in [-0.15, -0.1) is 10.2 Å². The van der Waals surface area contributed by atoms with Gasteiger partial charge in [-0.2, -0.15) is 0 Å². The van der Waals surface area contributed by atoms with Crippen LogP contribution in [0.5, 0.6) is 0 Å². The van der Waals surface area contributed by atoms with Crippen molar-refractivity contribution in [2.75, 3.05) is 20.7 Å². The topological polar surface area (TPSA) is 59.7 Å². The van der Waals surface area contributed by atoms with E-state index < -0.39 is 0 Å². The van der Waals surface area contributed by atoms with Crippen LogP contribution >= 0.6 is 0 Å². The standard InChI is InChI=1S/C15H20N4O2/c1-18-7-4-3-5-12(18)10-14-17-16-13-9-11(15(20)21-2)6-8-19(13)14/h6,8-9,12H,3-5,7,10H2,1-2H3. The molecule has 0 amide bonds. The molecule has 0 spiro atoms. The Morgan fingerprint density at radius 2 is 2.29 bits per heavy atom. The van der Waals surface area contributed by atoms with Gasteiger partial charge in [0.25, 0.3) is 0 Å². The lowest BCUT2D eigenvalue weighted by Crippen LogP contribution is -2.38. The Labute approximate surface area is 123 Å². The smallest absolute Gasteiger partial charge is 0.338 e. The van der Waals surface area contributed by atoms with Crippen molar-refractivity contribution in [3.63, 3.8) is 0 Å². The number of methoxy groups -OCH3 is 1. The van der Waals surface area contributed by atoms with Crippen LogP contribution < -0.4 is 0 Å². The van der Waals surface area contributed by atoms with Gasteiger partial charge in [-0.05, 0) is 38.6 Å². The van der Waals surface area contributed by atoms with Crippen LogP contribution in [0, 0.1) is 0 Å². The van der Waals surface area contributed by atoms with Gasteiger partial charge in [0.2, 0.25) is 0 Å². The van der Waals surface area contributed by atoms with Gasteiger partial charge >= 0.3 is 5.97 Å². The SMILES string of the molecule is COC(=O)c1ccn2c(CC3CCCCN3C)nnc2c1. The first kappa shape index (κ1) is 14.0. The van der Waals surface area contributed by atoms with Crippen molar-refractivity contribution in [1.82, 2.24) is 19.5 Å². The van der Waals surface area contributed by atoms with Crippen LogP contribution in [0.2, 0.25) is 0 Å². The highest BCUT2D eigenvalue weighted by Crippen LogP contribution is 2.19. The van der Waals surface area contributed by atoms with E-state index >= 15 is 0 Å². The van der Waals surface area contributed by atoms with Gasteiger partial charge < -0.3 is 9.64 Å². The summed E-state index contributed by atoms with van der Waals surface area (Å²) in [6.45, 7) is 1.15. The fourth-order valence-electron chi connectivity index (χ4n) is 2.94. The predicted molar refractivity (Wildman–Crippen MR) is 78.3 cm³/mol. The number of likely N-dealkylation sites (tertiary alicyclic amines) is 1. The van der Waals surface area contributed by atoms with E-state index in [-0.39, 0.29) is 5.97 Å². The van der Waals surface area contributed by atoms with E-state index in [1.165, 1.54) is 26.4 Å². The molecule has 2 aromatic heterocycles. The monoisotopic (exact) mass is 288 g/mol. The number of likely N-dealkylation sites (N-methyl/N-ethyl adjacent to an activating group) is 1. The first-order chi connectivity index (χ1) is 10.2. The number of nitrogens with zero attached hydrogens (tertiary/aromatic N) is 4. The van der Waals surface area contributed by atoms with Crippen molar-refractivity contribution in [3.8, 4) is 0 Å². The number of ether oxygens (including phenoxy) is 1. The number of piperidine rings is 1. The van der Waals surface area contributed by atoms with Gasteiger partial charge in [-0.3, -0.25) is 4.40 Å². The molecule has 1 aliphatic rings. The number of rotatable bonds is 3. The molecular formula is C15H20N4O2. The first-order valence-corrected chi connectivity index (χ1v) is 7.31. The lowest BCUT2D eigenvalue weighted by Gasteiger charge is -2.31. The van der Waals surface area contributed by atoms with Gasteiger partial charge in [0.05, 0.1) is 12.7 Å². The van der Waals surface area contributed by atoms with E-state index in [2.05, 4.69) is 22.1 Å². The lowest BCUT2D eigenvalue weighted by molar-refractivity contribution is 0.0600. The Kier molecular flexibility index (Phi) is 3.88. The van der Waals surface area contributed by atoms with E-state index in [9.17, 15) is 4.79 Å². The minimum Gasteiger partial charge on any atom is -0.465 e. The fraction of sp³-hybridized carbons (Fsp3) is 0.533. The maximum atomic E-state index is 11.5. The Balaban J connectivity index is 1.85. The number of aromatic nitrogens is 3. The Hall–Kier alpha value is -1.95. The van der Waals surface area contributed by atoms with E-state index in [1.54, 1.807) is 12.1 Å². The van der Waals surface area contributed by atoms with Gasteiger partial charge in [0.15, 0.2) is 5.65 Å². The Morgan fingerprint density at radius 1 is 1.43 bits per heavy atom. The third kappa shape index (κ3) is 2.76. The Bertz CT molecular complexity index is 652. The van der Waals surface area contributed by atoms with Crippen LogP contribution in [0.15, 0.2) is 18.3 Å². The summed E-state index contributed by atoms with van der Waals surface area (Å²) in [7, 11) is 3.54. The molecule has 112 valence electrons. The van der Waals surface area contributed by atoms with Crippen molar-refractivity contribution in [1.29, 1.82) is 0 Å². The fourth-order valence-corrected chi connectivity index (χ4v) is 2.94. The van der Waals surface area contributed by atoms with E-state index in [1.807, 2.05) is 10.6 Å². The zero-order valence-electron chi connectivity index (χ0n) is 12.5. The van der Waals surface area contributed by atoms with Crippen molar-refractivity contribution in [2.24, 2.45) is 0 Å². The van der Waals surface area contributed by atoms with Gasteiger partial charge in [0.1, 0.15) is 5.82 Å². The average Bonchev–Trinajstić information content (AvgIpc) is 2.91. The molecular weight excluding hydrogens is 268 g/mol. The van der Waals surface area contributed by atoms with Gasteiger partial charge in [0, 0.05) is 18.7 Å². The van der Waals surface area contributed by atoms with E-state index in [0.29, 0.717) is 17.3 Å². The van der Waals surface area contributed by atoms with Crippen LogP contribution in [0.3, 0.4) is 0 Å². The molecule has 0 bridgehead atoms. The molecule has 0 saturated carbocycles. The summed E-state index contributed by atoms with van der Waals surface area (Å²) in [6, 6.07) is 3.98. The van der Waals surface area contributed by atoms with Crippen molar-refractivity contribution < 1.29 is 9.53 Å². The summed E-state index contributed by atoms with van der Waals surface area (Å²) >= 11 is 0. The number of carbonyl (C=O) groups excluding carboxylic acids is 1. The highest BCUT2D eigenvalue weighted by atomic mass is 16.5. The number of fused-ring (bicyclic) bond motifs is 1. The normalized spacial score (nSPS) is 19.8. The molecule has 0 aromatic carbocycles. The minimum absolute atomic E-state index is 0.353. The number of hydrogen-bond donors (Lipinski definition) is 0. The third-order valence-corrected chi connectivity index (χ3v) is 4.24. The van der Waals surface area contributed by atoms with Crippen LogP contribution in [0.25, 0.3) is 5.65 Å². The second kappa shape index (κ2) is 5.81. The molecule has 0 radical (unpaired) electrons. The van der Waals surface area contributed by atoms with Gasteiger partial charge in [-0.25, -0.2) is 4.79 Å². The summed E-state index contributed by atoms with van der Waals surface area (Å²) in [5, 5.41) is 8.46. The van der Waals surface area contributed by atoms with Crippen LogP contribution in [-0.2, 0) is 11.2 Å². The summed E-state index contributed by atoms with van der Waals surface area (Å²) in [5.74, 6) is 0.592. The van der Waals surface area contributed by atoms with Crippen LogP contribution in [-0.4, -0.2) is 52.2 Å². The molecule has 21 heavy (non-hydrogen) atoms. The first-order valence-electron chi connectivity index (χ1n) is 7.31. The van der Waals surface area contributed by atoms with Crippen molar-refractivity contribution in [2.45, 2.75) is 31.7 Å². The number of hydrogen-bond acceptors (Lipinski definition) is 5. The maximum absolute atomic E-state index is 11.5. The number of esters is 1. The summed E-state index contributed by atoms with van der Waals surface area (Å²) < 4.78 is 6.68. The lowest BCUT2D eigenvalue weighted by atomic mass is 10.00. The third-order valence-electron chi connectivity index (χ3n) is 4.24. The average molecular weight is 288 g/mol. The van der Waals surface area contributed by atoms with E-state index in [4.69, 9.17) is 4.74 Å². The molecule has 6 heteroatoms. The molecule has 2 aromatic rings. The van der Waals surface area contributed by atoms with Crippen LogP contribution in [0.4, 0.5) is 0 Å². The van der Waals surface area contributed by atoms with Crippen molar-refractivity contribution in [3.05, 3.63) is 29.7 Å². The van der Waals surface area contributed by atoms with E-state index in [0.717, 1.165) is 18.8 Å². The second-order valence-corrected chi connectivity index (χ2v) is 5.59. The second-order valence-electron chi connectivity index (χ2n) is 5.59. The van der Waals surface area contributed by atoms with Gasteiger partial charge in [-0.1, -0.05) is 6.42 Å². The maximum Gasteiger partial charge on any atom is 0.338 e. The summed E-state index contributed by atoms with van der Waals surface area (Å²) in [6.07, 6.45) is 6.48. The van der Waals surface area contributed by atoms with Crippen LogP contribution in [0.1, 0.15) is 35.4 Å². The molecule has 3 rings (SSSR count). The molecule has 6 nitrogen and oxygen atoms in total. The summed E-state index contributed by atoms with van der Waals surface area (Å²) in [4.78, 5) is 13.9. The predicted octanol–water partition coefficient (Wildman–Crippen LogP) is 1.54. The highest BCUT2D eigenvalue weighted by Gasteiger charge is 2.21. The molecule has 1 atom stereocenters.